The average molecular weight is 419 g/mol. The Morgan fingerprint density at radius 1 is 0.774 bits per heavy atom. The molecular formula is C27H30O4. The zero-order chi connectivity index (χ0) is 21.6. The van der Waals surface area contributed by atoms with Gasteiger partial charge in [0, 0.05) is 5.41 Å². The molecule has 0 radical (unpaired) electrons. The van der Waals surface area contributed by atoms with Gasteiger partial charge in [-0.15, -0.1) is 0 Å². The molecule has 4 heteroatoms. The monoisotopic (exact) mass is 418 g/mol. The molecule has 31 heavy (non-hydrogen) atoms. The molecular weight excluding hydrogens is 388 g/mol. The molecule has 5 rings (SSSR count). The second-order valence-corrected chi connectivity index (χ2v) is 10.1. The molecule has 2 bridgehead atoms. The fourth-order valence-electron chi connectivity index (χ4n) is 6.84. The zero-order valence-corrected chi connectivity index (χ0v) is 18.2. The Bertz CT molecular complexity index is 952. The minimum absolute atomic E-state index is 0.255. The molecule has 2 aromatic carbocycles. The van der Waals surface area contributed by atoms with E-state index in [4.69, 9.17) is 9.47 Å². The van der Waals surface area contributed by atoms with E-state index in [0.29, 0.717) is 34.8 Å². The molecule has 0 aliphatic heterocycles. The van der Waals surface area contributed by atoms with Crippen molar-refractivity contribution in [3.63, 3.8) is 0 Å². The Hall–Kier alpha value is -2.62. The van der Waals surface area contributed by atoms with Crippen molar-refractivity contribution in [2.45, 2.75) is 51.7 Å². The highest BCUT2D eigenvalue weighted by Crippen LogP contribution is 2.63. The SMILES string of the molecule is CC1(C)C(OC(=O)c2ccccc2)C(OC(=O)c2ccccc2)CC2C3CCC(C3)C21. The third-order valence-corrected chi connectivity index (χ3v) is 8.03. The predicted octanol–water partition coefficient (Wildman–Crippen LogP) is 5.53. The van der Waals surface area contributed by atoms with E-state index in [1.54, 1.807) is 24.3 Å². The van der Waals surface area contributed by atoms with Crippen LogP contribution in [-0.2, 0) is 9.47 Å². The molecule has 162 valence electrons. The van der Waals surface area contributed by atoms with E-state index in [0.717, 1.165) is 6.42 Å². The molecule has 2 aromatic rings. The van der Waals surface area contributed by atoms with Crippen LogP contribution in [0, 0.1) is 29.1 Å². The maximum Gasteiger partial charge on any atom is 0.338 e. The predicted molar refractivity (Wildman–Crippen MR) is 118 cm³/mol. The van der Waals surface area contributed by atoms with E-state index in [-0.39, 0.29) is 17.4 Å². The number of hydrogen-bond donors (Lipinski definition) is 0. The highest BCUT2D eigenvalue weighted by molar-refractivity contribution is 5.90. The van der Waals surface area contributed by atoms with Crippen molar-refractivity contribution in [1.29, 1.82) is 0 Å². The van der Waals surface area contributed by atoms with Crippen LogP contribution in [0.25, 0.3) is 0 Å². The van der Waals surface area contributed by atoms with E-state index in [1.807, 2.05) is 36.4 Å². The molecule has 3 fully saturated rings. The number of carbonyl (C=O) groups excluding carboxylic acids is 2. The van der Waals surface area contributed by atoms with Crippen LogP contribution in [0.15, 0.2) is 60.7 Å². The van der Waals surface area contributed by atoms with Gasteiger partial charge in [-0.05, 0) is 73.6 Å². The first-order valence-corrected chi connectivity index (χ1v) is 11.5. The lowest BCUT2D eigenvalue weighted by Crippen LogP contribution is -2.56. The topological polar surface area (TPSA) is 52.6 Å². The lowest BCUT2D eigenvalue weighted by atomic mass is 9.56. The fraction of sp³-hybridized carbons (Fsp3) is 0.481. The van der Waals surface area contributed by atoms with Gasteiger partial charge in [0.15, 0.2) is 0 Å². The van der Waals surface area contributed by atoms with Crippen molar-refractivity contribution in [1.82, 2.24) is 0 Å². The lowest BCUT2D eigenvalue weighted by Gasteiger charge is -2.53. The average Bonchev–Trinajstić information content (AvgIpc) is 3.39. The van der Waals surface area contributed by atoms with E-state index < -0.39 is 12.2 Å². The van der Waals surface area contributed by atoms with E-state index >= 15 is 0 Å². The highest BCUT2D eigenvalue weighted by Gasteiger charge is 2.61. The molecule has 0 amide bonds. The lowest BCUT2D eigenvalue weighted by molar-refractivity contribution is -0.150. The number of ether oxygens (including phenoxy) is 2. The molecule has 0 aromatic heterocycles. The number of carbonyl (C=O) groups is 2. The molecule has 0 N–H and O–H groups in total. The summed E-state index contributed by atoms with van der Waals surface area (Å²) in [6.07, 6.45) is 3.68. The van der Waals surface area contributed by atoms with Crippen LogP contribution in [0.2, 0.25) is 0 Å². The first-order valence-electron chi connectivity index (χ1n) is 11.5. The zero-order valence-electron chi connectivity index (χ0n) is 18.2. The molecule has 3 aliphatic carbocycles. The Kier molecular flexibility index (Phi) is 5.11. The normalized spacial score (nSPS) is 32.8. The van der Waals surface area contributed by atoms with Crippen LogP contribution in [0.1, 0.15) is 60.2 Å². The Balaban J connectivity index is 1.44. The van der Waals surface area contributed by atoms with Crippen molar-refractivity contribution in [3.05, 3.63) is 71.8 Å². The Labute approximate surface area is 183 Å². The first-order chi connectivity index (χ1) is 14.9. The van der Waals surface area contributed by atoms with Crippen LogP contribution >= 0.6 is 0 Å². The number of rotatable bonds is 4. The van der Waals surface area contributed by atoms with Crippen LogP contribution in [-0.4, -0.2) is 24.1 Å². The molecule has 4 nitrogen and oxygen atoms in total. The van der Waals surface area contributed by atoms with Crippen LogP contribution in [0.3, 0.4) is 0 Å². The molecule has 0 spiro atoms. The van der Waals surface area contributed by atoms with E-state index in [1.165, 1.54) is 19.3 Å². The Morgan fingerprint density at radius 3 is 1.94 bits per heavy atom. The summed E-state index contributed by atoms with van der Waals surface area (Å²) in [6.45, 7) is 4.41. The van der Waals surface area contributed by atoms with Gasteiger partial charge in [0.2, 0.25) is 0 Å². The number of fused-ring (bicyclic) bond motifs is 5. The van der Waals surface area contributed by atoms with E-state index in [9.17, 15) is 9.59 Å². The maximum atomic E-state index is 13.0. The van der Waals surface area contributed by atoms with Crippen molar-refractivity contribution in [2.75, 3.05) is 0 Å². The van der Waals surface area contributed by atoms with Gasteiger partial charge in [-0.3, -0.25) is 0 Å². The van der Waals surface area contributed by atoms with Gasteiger partial charge in [0.25, 0.3) is 0 Å². The standard InChI is InChI=1S/C27H30O4/c1-27(2)23-20-14-13-19(15-20)21(23)16-22(30-25(28)17-9-5-3-6-10-17)24(27)31-26(29)18-11-7-4-8-12-18/h3-12,19-24H,13-16H2,1-2H3. The summed E-state index contributed by atoms with van der Waals surface area (Å²) in [5.74, 6) is 1.75. The van der Waals surface area contributed by atoms with Crippen LogP contribution in [0.5, 0.6) is 0 Å². The third-order valence-electron chi connectivity index (χ3n) is 8.03. The summed E-state index contributed by atoms with van der Waals surface area (Å²) >= 11 is 0. The molecule has 3 saturated carbocycles. The van der Waals surface area contributed by atoms with Gasteiger partial charge in [-0.25, -0.2) is 9.59 Å². The first kappa shape index (κ1) is 20.3. The minimum atomic E-state index is -0.464. The van der Waals surface area contributed by atoms with Gasteiger partial charge in [0.1, 0.15) is 12.2 Å². The number of hydrogen-bond acceptors (Lipinski definition) is 4. The number of esters is 2. The Morgan fingerprint density at radius 2 is 1.32 bits per heavy atom. The summed E-state index contributed by atoms with van der Waals surface area (Å²) < 4.78 is 12.2. The summed E-state index contributed by atoms with van der Waals surface area (Å²) in [6, 6.07) is 18.2. The van der Waals surface area contributed by atoms with Crippen LogP contribution < -0.4 is 0 Å². The molecule has 3 aliphatic rings. The second kappa shape index (κ2) is 7.81. The van der Waals surface area contributed by atoms with Crippen molar-refractivity contribution < 1.29 is 19.1 Å². The largest absolute Gasteiger partial charge is 0.455 e. The smallest absolute Gasteiger partial charge is 0.338 e. The highest BCUT2D eigenvalue weighted by atomic mass is 16.6. The van der Waals surface area contributed by atoms with Crippen molar-refractivity contribution in [2.24, 2.45) is 29.1 Å². The molecule has 6 atom stereocenters. The quantitative estimate of drug-likeness (QED) is 0.613. The molecule has 0 saturated heterocycles. The summed E-state index contributed by atoms with van der Waals surface area (Å²) in [4.78, 5) is 25.9. The third kappa shape index (κ3) is 3.56. The van der Waals surface area contributed by atoms with Gasteiger partial charge in [-0.1, -0.05) is 50.2 Å². The molecule has 0 heterocycles. The number of benzene rings is 2. The van der Waals surface area contributed by atoms with Gasteiger partial charge < -0.3 is 9.47 Å². The van der Waals surface area contributed by atoms with Crippen LogP contribution in [0.4, 0.5) is 0 Å². The van der Waals surface area contributed by atoms with Gasteiger partial charge >= 0.3 is 11.9 Å². The minimum Gasteiger partial charge on any atom is -0.455 e. The van der Waals surface area contributed by atoms with Crippen molar-refractivity contribution >= 4 is 11.9 Å². The maximum absolute atomic E-state index is 13.0. The fourth-order valence-corrected chi connectivity index (χ4v) is 6.84. The van der Waals surface area contributed by atoms with Gasteiger partial charge in [0.05, 0.1) is 11.1 Å². The second-order valence-electron chi connectivity index (χ2n) is 10.1. The summed E-state index contributed by atoms with van der Waals surface area (Å²) in [5.41, 5.74) is 0.805. The van der Waals surface area contributed by atoms with Crippen molar-refractivity contribution in [3.8, 4) is 0 Å². The van der Waals surface area contributed by atoms with E-state index in [2.05, 4.69) is 13.8 Å². The summed E-state index contributed by atoms with van der Waals surface area (Å²) in [7, 11) is 0. The van der Waals surface area contributed by atoms with Gasteiger partial charge in [-0.2, -0.15) is 0 Å². The molecule has 6 unspecified atom stereocenters. The summed E-state index contributed by atoms with van der Waals surface area (Å²) in [5, 5.41) is 0.